The lowest BCUT2D eigenvalue weighted by Crippen LogP contribution is -2.06. The molecule has 0 radical (unpaired) electrons. The highest BCUT2D eigenvalue weighted by Crippen LogP contribution is 2.42. The first-order chi connectivity index (χ1) is 18.1. The number of aromatic nitrogens is 4. The third kappa shape index (κ3) is 3.83. The third-order valence-electron chi connectivity index (χ3n) is 7.60. The first-order valence-electron chi connectivity index (χ1n) is 12.7. The van der Waals surface area contributed by atoms with Crippen LogP contribution in [-0.2, 0) is 19.4 Å². The quantitative estimate of drug-likeness (QED) is 0.306. The molecule has 0 atom stereocenters. The Labute approximate surface area is 218 Å². The molecule has 2 aromatic heterocycles. The van der Waals surface area contributed by atoms with Gasteiger partial charge in [0.05, 0.1) is 10.5 Å². The normalized spacial score (nSPS) is 16.4. The number of hydrogen-bond acceptors (Lipinski definition) is 4. The van der Waals surface area contributed by atoms with E-state index in [9.17, 15) is 4.79 Å². The Morgan fingerprint density at radius 2 is 1.86 bits per heavy atom. The summed E-state index contributed by atoms with van der Waals surface area (Å²) in [5, 5.41) is 4.68. The standard InChI is InChI=1S/C30H25ClN4O2/c1-17(28-33-30(36)37-34-28)26-22-6-3-2-5-19(22)10-13-21-15-18(9-14-23(21)26)16-35-25-8-4-7-24(31)27(25)32-29(35)20-11-12-20/h2-9,14-15,20H,10-13,16H2,1H3,(H,33,34,36). The van der Waals surface area contributed by atoms with Crippen LogP contribution in [-0.4, -0.2) is 19.7 Å². The molecule has 184 valence electrons. The molecular weight excluding hydrogens is 484 g/mol. The summed E-state index contributed by atoms with van der Waals surface area (Å²) in [4.78, 5) is 19.4. The van der Waals surface area contributed by atoms with E-state index in [4.69, 9.17) is 21.1 Å². The molecule has 7 heteroatoms. The Balaban J connectivity index is 1.36. The minimum Gasteiger partial charge on any atom is -0.323 e. The van der Waals surface area contributed by atoms with Crippen LogP contribution in [0.1, 0.15) is 65.1 Å². The molecular formula is C30H25ClN4O2. The van der Waals surface area contributed by atoms with E-state index in [0.717, 1.165) is 53.0 Å². The lowest BCUT2D eigenvalue weighted by Gasteiger charge is -2.16. The maximum Gasteiger partial charge on any atom is 0.439 e. The van der Waals surface area contributed by atoms with Crippen LogP contribution in [0.15, 0.2) is 70.0 Å². The fraction of sp³-hybridized carbons (Fsp3) is 0.233. The average Bonchev–Trinajstić information content (AvgIpc) is 3.59. The maximum atomic E-state index is 11.7. The second kappa shape index (κ2) is 8.60. The molecule has 5 aromatic rings. The summed E-state index contributed by atoms with van der Waals surface area (Å²) in [6.07, 6.45) is 4.23. The number of aryl methyl sites for hydroxylation is 2. The molecule has 0 unspecified atom stereocenters. The molecule has 2 aliphatic rings. The van der Waals surface area contributed by atoms with Gasteiger partial charge in [0, 0.05) is 18.0 Å². The summed E-state index contributed by atoms with van der Waals surface area (Å²) < 4.78 is 7.17. The minimum absolute atomic E-state index is 0.461. The zero-order valence-electron chi connectivity index (χ0n) is 20.4. The lowest BCUT2D eigenvalue weighted by molar-refractivity contribution is 0.385. The largest absolute Gasteiger partial charge is 0.439 e. The highest BCUT2D eigenvalue weighted by atomic mass is 35.5. The summed E-state index contributed by atoms with van der Waals surface area (Å²) in [5.41, 5.74) is 10.1. The zero-order chi connectivity index (χ0) is 25.1. The molecule has 6 nitrogen and oxygen atoms in total. The number of aromatic amines is 1. The number of para-hydroxylation sites is 1. The van der Waals surface area contributed by atoms with Gasteiger partial charge < -0.3 is 4.57 Å². The molecule has 1 saturated carbocycles. The monoisotopic (exact) mass is 508 g/mol. The van der Waals surface area contributed by atoms with Crippen molar-refractivity contribution in [3.63, 3.8) is 0 Å². The molecule has 0 spiro atoms. The van der Waals surface area contributed by atoms with Gasteiger partial charge in [-0.1, -0.05) is 65.3 Å². The van der Waals surface area contributed by atoms with Crippen molar-refractivity contribution in [1.82, 2.24) is 19.7 Å². The van der Waals surface area contributed by atoms with Gasteiger partial charge in [-0.05, 0) is 78.1 Å². The van der Waals surface area contributed by atoms with Crippen molar-refractivity contribution in [2.24, 2.45) is 0 Å². The molecule has 7 rings (SSSR count). The first kappa shape index (κ1) is 22.3. The van der Waals surface area contributed by atoms with Crippen LogP contribution >= 0.6 is 11.6 Å². The maximum absolute atomic E-state index is 11.7. The van der Waals surface area contributed by atoms with Gasteiger partial charge in [-0.3, -0.25) is 9.51 Å². The Hall–Kier alpha value is -3.90. The number of nitrogens with zero attached hydrogens (tertiary/aromatic N) is 3. The molecule has 0 amide bonds. The number of imidazole rings is 1. The van der Waals surface area contributed by atoms with E-state index in [-0.39, 0.29) is 0 Å². The SMILES string of the molecule is CC(=C1c2ccccc2CCc2cc(Cn3c(C4CC4)nc4c(Cl)cccc43)ccc21)c1noc(=O)[nH]1. The van der Waals surface area contributed by atoms with Crippen molar-refractivity contribution in [2.75, 3.05) is 0 Å². The molecule has 1 N–H and O–H groups in total. The van der Waals surface area contributed by atoms with Crippen molar-refractivity contribution in [1.29, 1.82) is 0 Å². The van der Waals surface area contributed by atoms with Crippen LogP contribution in [0.2, 0.25) is 5.02 Å². The second-order valence-corrected chi connectivity index (χ2v) is 10.4. The number of fused-ring (bicyclic) bond motifs is 3. The molecule has 2 heterocycles. The molecule has 0 aliphatic heterocycles. The highest BCUT2D eigenvalue weighted by molar-refractivity contribution is 6.34. The second-order valence-electron chi connectivity index (χ2n) is 10.0. The fourth-order valence-electron chi connectivity index (χ4n) is 5.64. The Bertz CT molecular complexity index is 1770. The van der Waals surface area contributed by atoms with E-state index < -0.39 is 5.76 Å². The number of nitrogens with one attached hydrogen (secondary N) is 1. The summed E-state index contributed by atoms with van der Waals surface area (Å²) in [6.45, 7) is 2.74. The number of hydrogen-bond donors (Lipinski definition) is 1. The van der Waals surface area contributed by atoms with Gasteiger partial charge in [-0.15, -0.1) is 0 Å². The van der Waals surface area contributed by atoms with Crippen LogP contribution in [0.25, 0.3) is 22.2 Å². The lowest BCUT2D eigenvalue weighted by atomic mass is 9.89. The van der Waals surface area contributed by atoms with E-state index in [1.807, 2.05) is 19.1 Å². The van der Waals surface area contributed by atoms with Crippen molar-refractivity contribution in [3.05, 3.63) is 116 Å². The fourth-order valence-corrected chi connectivity index (χ4v) is 5.85. The Kier molecular flexibility index (Phi) is 5.18. The number of rotatable bonds is 4. The Morgan fingerprint density at radius 1 is 1.05 bits per heavy atom. The van der Waals surface area contributed by atoms with Crippen LogP contribution in [0.3, 0.4) is 0 Å². The van der Waals surface area contributed by atoms with Crippen LogP contribution in [0.5, 0.6) is 0 Å². The van der Waals surface area contributed by atoms with E-state index in [2.05, 4.69) is 63.2 Å². The molecule has 1 fully saturated rings. The highest BCUT2D eigenvalue weighted by Gasteiger charge is 2.30. The molecule has 3 aromatic carbocycles. The number of halogens is 1. The minimum atomic E-state index is -0.549. The smallest absolute Gasteiger partial charge is 0.323 e. The van der Waals surface area contributed by atoms with Gasteiger partial charge in [0.1, 0.15) is 11.3 Å². The predicted molar refractivity (Wildman–Crippen MR) is 145 cm³/mol. The van der Waals surface area contributed by atoms with E-state index in [1.165, 1.54) is 35.1 Å². The summed E-state index contributed by atoms with van der Waals surface area (Å²) >= 11 is 6.51. The van der Waals surface area contributed by atoms with E-state index in [1.54, 1.807) is 0 Å². The molecule has 0 bridgehead atoms. The van der Waals surface area contributed by atoms with Crippen molar-refractivity contribution >= 4 is 33.8 Å². The van der Waals surface area contributed by atoms with Crippen molar-refractivity contribution in [3.8, 4) is 0 Å². The summed E-state index contributed by atoms with van der Waals surface area (Å²) in [7, 11) is 0. The third-order valence-corrected chi connectivity index (χ3v) is 7.91. The number of H-pyrrole nitrogens is 1. The van der Waals surface area contributed by atoms with E-state index >= 15 is 0 Å². The van der Waals surface area contributed by atoms with Gasteiger partial charge in [0.2, 0.25) is 0 Å². The first-order valence-corrected chi connectivity index (χ1v) is 13.1. The summed E-state index contributed by atoms with van der Waals surface area (Å²) in [5.74, 6) is 1.56. The number of allylic oxidation sites excluding steroid dienone is 1. The van der Waals surface area contributed by atoms with Gasteiger partial charge in [-0.2, -0.15) is 0 Å². The zero-order valence-corrected chi connectivity index (χ0v) is 21.2. The van der Waals surface area contributed by atoms with Gasteiger partial charge >= 0.3 is 5.76 Å². The van der Waals surface area contributed by atoms with Gasteiger partial charge in [0.25, 0.3) is 0 Å². The van der Waals surface area contributed by atoms with Gasteiger partial charge in [-0.25, -0.2) is 9.78 Å². The molecule has 0 saturated heterocycles. The topological polar surface area (TPSA) is 76.7 Å². The van der Waals surface area contributed by atoms with Crippen molar-refractivity contribution in [2.45, 2.75) is 45.1 Å². The Morgan fingerprint density at radius 3 is 2.68 bits per heavy atom. The van der Waals surface area contributed by atoms with Crippen LogP contribution in [0, 0.1) is 0 Å². The van der Waals surface area contributed by atoms with Crippen LogP contribution < -0.4 is 5.76 Å². The average molecular weight is 509 g/mol. The summed E-state index contributed by atoms with van der Waals surface area (Å²) in [6, 6.07) is 21.3. The molecule has 37 heavy (non-hydrogen) atoms. The van der Waals surface area contributed by atoms with Crippen molar-refractivity contribution < 1.29 is 4.52 Å². The van der Waals surface area contributed by atoms with E-state index in [0.29, 0.717) is 16.8 Å². The van der Waals surface area contributed by atoms with Crippen LogP contribution in [0.4, 0.5) is 0 Å². The molecule has 2 aliphatic carbocycles. The number of benzene rings is 3. The predicted octanol–water partition coefficient (Wildman–Crippen LogP) is 6.37. The van der Waals surface area contributed by atoms with Gasteiger partial charge in [0.15, 0.2) is 5.82 Å².